The zero-order valence-corrected chi connectivity index (χ0v) is 37.9. The minimum Gasteiger partial charge on any atom is -0.453 e. The van der Waals surface area contributed by atoms with E-state index in [4.69, 9.17) is 14.5 Å². The molecule has 14 heteroatoms. The predicted molar refractivity (Wildman–Crippen MR) is 246 cm³/mol. The Kier molecular flexibility index (Phi) is 14.4. The van der Waals surface area contributed by atoms with Gasteiger partial charge in [0.1, 0.15) is 23.9 Å². The highest BCUT2D eigenvalue weighted by Gasteiger charge is 2.40. The summed E-state index contributed by atoms with van der Waals surface area (Å²) in [5.41, 5.74) is 7.96. The summed E-state index contributed by atoms with van der Waals surface area (Å²) < 4.78 is 9.54. The zero-order valence-electron chi connectivity index (χ0n) is 37.9. The van der Waals surface area contributed by atoms with Crippen LogP contribution < -0.4 is 16.0 Å². The molecule has 2 saturated heterocycles. The molecule has 2 aliphatic heterocycles. The Balaban J connectivity index is 1.08. The summed E-state index contributed by atoms with van der Waals surface area (Å²) in [6, 6.07) is 14.0. The first kappa shape index (κ1) is 45.8. The number of amides is 5. The molecule has 64 heavy (non-hydrogen) atoms. The number of likely N-dealkylation sites (tertiary alicyclic amines) is 2. The Hall–Kier alpha value is -6.18. The largest absolute Gasteiger partial charge is 0.453 e. The Morgan fingerprint density at radius 1 is 0.781 bits per heavy atom. The highest BCUT2D eigenvalue weighted by atomic mass is 16.5. The second kappa shape index (κ2) is 20.1. The molecule has 4 aliphatic rings. The summed E-state index contributed by atoms with van der Waals surface area (Å²) in [4.78, 5) is 76.8. The normalized spacial score (nSPS) is 23.5. The molecule has 1 saturated carbocycles. The van der Waals surface area contributed by atoms with E-state index in [9.17, 15) is 24.0 Å². The lowest BCUT2D eigenvalue weighted by atomic mass is 9.87. The summed E-state index contributed by atoms with van der Waals surface area (Å²) >= 11 is 0. The SMILES string of the molecule is C=C1/C(c2cccc(NC(=O)[C@@H]3CCCN3C(=O)[C@@H](NC(=O)OC)C(C)C)c2)=C\C=C(\c2ccc(-c3cnc([C@@H]4CCCN4C(=O)[C@@H](NC(=O)OC)C(C)C)[nH]3)cc2)CC2CCC1C2. The number of H-pyrrole nitrogens is 1. The fourth-order valence-electron chi connectivity index (χ4n) is 9.84. The number of alkyl carbamates (subject to hydrolysis) is 2. The average molecular weight is 874 g/mol. The van der Waals surface area contributed by atoms with Crippen molar-refractivity contribution in [1.82, 2.24) is 30.4 Å². The number of benzene rings is 2. The van der Waals surface area contributed by atoms with Crippen LogP contribution in [0.25, 0.3) is 22.4 Å². The first-order chi connectivity index (χ1) is 30.8. The van der Waals surface area contributed by atoms with Crippen molar-refractivity contribution in [2.24, 2.45) is 23.7 Å². The van der Waals surface area contributed by atoms with E-state index in [2.05, 4.69) is 70.0 Å². The molecule has 0 radical (unpaired) electrons. The molecule has 0 spiro atoms. The maximum absolute atomic E-state index is 13.8. The van der Waals surface area contributed by atoms with Gasteiger partial charge in [-0.3, -0.25) is 14.4 Å². The van der Waals surface area contributed by atoms with Crippen LogP contribution in [0.2, 0.25) is 0 Å². The number of hydrogen-bond acceptors (Lipinski definition) is 8. The molecule has 340 valence electrons. The number of allylic oxidation sites excluding steroid dienone is 5. The minimum absolute atomic E-state index is 0.115. The number of fused-ring (bicyclic) bond motifs is 2. The summed E-state index contributed by atoms with van der Waals surface area (Å²) in [6.45, 7) is 13.2. The van der Waals surface area contributed by atoms with Crippen LogP contribution in [-0.2, 0) is 23.9 Å². The van der Waals surface area contributed by atoms with Gasteiger partial charge in [0.2, 0.25) is 17.7 Å². The van der Waals surface area contributed by atoms with Crippen molar-refractivity contribution in [2.45, 2.75) is 103 Å². The number of carbonyl (C=O) groups excluding carboxylic acids is 5. The second-order valence-corrected chi connectivity index (χ2v) is 18.3. The number of imidazole rings is 1. The van der Waals surface area contributed by atoms with Gasteiger partial charge in [-0.15, -0.1) is 0 Å². The maximum atomic E-state index is 13.8. The van der Waals surface area contributed by atoms with Crippen molar-refractivity contribution in [3.8, 4) is 11.3 Å². The van der Waals surface area contributed by atoms with E-state index >= 15 is 0 Å². The van der Waals surface area contributed by atoms with Crippen molar-refractivity contribution in [3.05, 3.63) is 96.0 Å². The number of ether oxygens (including phenoxy) is 2. The lowest BCUT2D eigenvalue weighted by Gasteiger charge is -2.30. The van der Waals surface area contributed by atoms with Crippen molar-refractivity contribution in [2.75, 3.05) is 32.6 Å². The van der Waals surface area contributed by atoms with Gasteiger partial charge in [-0.2, -0.15) is 0 Å². The fourth-order valence-corrected chi connectivity index (χ4v) is 9.84. The van der Waals surface area contributed by atoms with Crippen molar-refractivity contribution in [3.63, 3.8) is 0 Å². The standard InChI is InChI=1S/C50H63N7O7/c1-29(2)43(54-49(61)63-6)47(59)56-23-9-13-41(56)45-51-28-40(53-45)34-19-17-33(18-20-34)36-21-22-39(31(5)35-16-15-32(25-35)26-36)37-11-8-12-38(27-37)52-46(58)42-14-10-24-57(42)48(60)44(30(3)4)55-50(62)64-7/h8,11-12,17-22,27-30,32,35,41-44H,5,9-10,13-16,23-26H2,1-4,6-7H3,(H,51,53)(H,52,58)(H,54,61)(H,55,62)/b36-21+,39-22+/t32?,35?,41-,42-,43-,44-/m0/s1. The molecule has 4 N–H and O–H groups in total. The Bertz CT molecular complexity index is 2300. The molecule has 2 bridgehead atoms. The number of anilines is 1. The van der Waals surface area contributed by atoms with Gasteiger partial charge >= 0.3 is 12.2 Å². The Morgan fingerprint density at radius 2 is 1.42 bits per heavy atom. The molecule has 5 amide bonds. The third-order valence-electron chi connectivity index (χ3n) is 13.4. The highest BCUT2D eigenvalue weighted by molar-refractivity contribution is 5.99. The van der Waals surface area contributed by atoms with Gasteiger partial charge in [0.05, 0.1) is 32.2 Å². The number of methoxy groups -OCH3 is 2. The molecular formula is C50H63N7O7. The van der Waals surface area contributed by atoms with Crippen LogP contribution >= 0.6 is 0 Å². The topological polar surface area (TPSA) is 175 Å². The second-order valence-electron chi connectivity index (χ2n) is 18.3. The molecule has 14 nitrogen and oxygen atoms in total. The molecule has 1 aromatic heterocycles. The van der Waals surface area contributed by atoms with E-state index in [1.807, 2.05) is 57.0 Å². The first-order valence-corrected chi connectivity index (χ1v) is 22.7. The number of rotatable bonds is 12. The van der Waals surface area contributed by atoms with Crippen molar-refractivity contribution >= 4 is 46.7 Å². The predicted octanol–water partition coefficient (Wildman–Crippen LogP) is 8.27. The van der Waals surface area contributed by atoms with E-state index < -0.39 is 30.3 Å². The summed E-state index contributed by atoms with van der Waals surface area (Å²) in [5.74, 6) is 0.606. The third-order valence-corrected chi connectivity index (χ3v) is 13.4. The molecule has 3 heterocycles. The van der Waals surface area contributed by atoms with E-state index in [1.165, 1.54) is 19.8 Å². The van der Waals surface area contributed by atoms with Crippen molar-refractivity contribution < 1.29 is 33.4 Å². The lowest BCUT2D eigenvalue weighted by molar-refractivity contribution is -0.139. The van der Waals surface area contributed by atoms with Crippen LogP contribution in [0.15, 0.2) is 79.0 Å². The summed E-state index contributed by atoms with van der Waals surface area (Å²) in [7, 11) is 2.55. The van der Waals surface area contributed by atoms with Crippen LogP contribution in [0.4, 0.5) is 15.3 Å². The van der Waals surface area contributed by atoms with Gasteiger partial charge in [0, 0.05) is 18.8 Å². The van der Waals surface area contributed by atoms with Gasteiger partial charge in [-0.05, 0) is 121 Å². The van der Waals surface area contributed by atoms with Crippen LogP contribution in [0.3, 0.4) is 0 Å². The number of hydrogen-bond donors (Lipinski definition) is 4. The quantitative estimate of drug-likeness (QED) is 0.141. The molecule has 7 rings (SSSR count). The van der Waals surface area contributed by atoms with E-state index in [0.29, 0.717) is 43.5 Å². The number of aromatic amines is 1. The monoisotopic (exact) mass is 873 g/mol. The summed E-state index contributed by atoms with van der Waals surface area (Å²) in [5, 5.41) is 8.45. The Labute approximate surface area is 376 Å². The van der Waals surface area contributed by atoms with E-state index in [0.717, 1.165) is 77.9 Å². The third kappa shape index (κ3) is 10.1. The fraction of sp³-hybridized carbons (Fsp3) is 0.480. The van der Waals surface area contributed by atoms with Crippen LogP contribution in [0, 0.1) is 23.7 Å². The van der Waals surface area contributed by atoms with Crippen LogP contribution in [0.1, 0.15) is 102 Å². The van der Waals surface area contributed by atoms with Crippen LogP contribution in [0.5, 0.6) is 0 Å². The maximum Gasteiger partial charge on any atom is 0.407 e. The smallest absolute Gasteiger partial charge is 0.407 e. The van der Waals surface area contributed by atoms with E-state index in [-0.39, 0.29) is 35.6 Å². The van der Waals surface area contributed by atoms with Crippen LogP contribution in [-0.4, -0.2) is 95.1 Å². The number of nitrogens with zero attached hydrogens (tertiary/aromatic N) is 3. The first-order valence-electron chi connectivity index (χ1n) is 22.7. The Morgan fingerprint density at radius 3 is 2.09 bits per heavy atom. The van der Waals surface area contributed by atoms with E-state index in [1.54, 1.807) is 4.90 Å². The molecule has 2 aromatic carbocycles. The van der Waals surface area contributed by atoms with Crippen molar-refractivity contribution in [1.29, 1.82) is 0 Å². The van der Waals surface area contributed by atoms with Gasteiger partial charge in [-0.25, -0.2) is 14.6 Å². The van der Waals surface area contributed by atoms with Gasteiger partial charge in [-0.1, -0.05) is 82.8 Å². The van der Waals surface area contributed by atoms with Gasteiger partial charge in [0.15, 0.2) is 0 Å². The molecule has 2 aliphatic carbocycles. The summed E-state index contributed by atoms with van der Waals surface area (Å²) in [6.07, 6.45) is 11.9. The molecule has 2 unspecified atom stereocenters. The average Bonchev–Trinajstić information content (AvgIpc) is 4.14. The number of nitrogens with one attached hydrogen (secondary N) is 4. The molecule has 3 fully saturated rings. The number of carbonyl (C=O) groups is 5. The lowest BCUT2D eigenvalue weighted by Crippen LogP contribution is -2.54. The zero-order chi connectivity index (χ0) is 45.7. The molecule has 6 atom stereocenters. The highest BCUT2D eigenvalue weighted by Crippen LogP contribution is 2.45. The molecule has 3 aromatic rings. The minimum atomic E-state index is -0.808. The molecular weight excluding hydrogens is 811 g/mol. The van der Waals surface area contributed by atoms with Gasteiger partial charge < -0.3 is 40.2 Å². The number of aromatic nitrogens is 2. The van der Waals surface area contributed by atoms with Gasteiger partial charge in [0.25, 0.3) is 0 Å².